The van der Waals surface area contributed by atoms with Crippen LogP contribution in [0.5, 0.6) is 11.5 Å². The number of hydrogen-bond donors (Lipinski definition) is 2. The fourth-order valence-electron chi connectivity index (χ4n) is 4.52. The Hall–Kier alpha value is -2.76. The van der Waals surface area contributed by atoms with Gasteiger partial charge in [0, 0.05) is 19.2 Å². The van der Waals surface area contributed by atoms with Crippen LogP contribution in [0.1, 0.15) is 54.4 Å². The Balaban J connectivity index is 1.50. The molecule has 1 unspecified atom stereocenters. The van der Waals surface area contributed by atoms with Crippen LogP contribution >= 0.6 is 0 Å². The van der Waals surface area contributed by atoms with Crippen molar-refractivity contribution in [2.45, 2.75) is 57.2 Å². The molecule has 0 fully saturated rings. The average molecular weight is 477 g/mol. The monoisotopic (exact) mass is 476 g/mol. The maximum absolute atomic E-state index is 12.4. The highest BCUT2D eigenvalue weighted by Gasteiger charge is 2.29. The summed E-state index contributed by atoms with van der Waals surface area (Å²) in [7, 11) is 0. The minimum Gasteiger partial charge on any atom is -0.488 e. The van der Waals surface area contributed by atoms with Crippen molar-refractivity contribution in [2.24, 2.45) is 0 Å². The van der Waals surface area contributed by atoms with Crippen LogP contribution in [0.3, 0.4) is 0 Å². The van der Waals surface area contributed by atoms with E-state index in [4.69, 9.17) is 14.6 Å². The maximum atomic E-state index is 12.4. The first-order valence-electron chi connectivity index (χ1n) is 11.6. The van der Waals surface area contributed by atoms with Gasteiger partial charge in [-0.2, -0.15) is 18.4 Å². The van der Waals surface area contributed by atoms with Gasteiger partial charge in [0.1, 0.15) is 6.61 Å². The molecule has 184 valence electrons. The third kappa shape index (κ3) is 7.37. The van der Waals surface area contributed by atoms with Crippen molar-refractivity contribution in [1.29, 1.82) is 5.26 Å². The molecule has 0 heterocycles. The zero-order valence-corrected chi connectivity index (χ0v) is 19.3. The zero-order valence-electron chi connectivity index (χ0n) is 19.3. The summed E-state index contributed by atoms with van der Waals surface area (Å²) in [5.41, 5.74) is 4.23. The second-order valence-electron chi connectivity index (χ2n) is 8.69. The SMILES string of the molecule is C[C@H](Cc1cc(C#N)c2c(c1)CCC2CCCO)NCCOc1ccccc1OCC(F)(F)F. The van der Waals surface area contributed by atoms with Crippen molar-refractivity contribution in [1.82, 2.24) is 5.32 Å². The van der Waals surface area contributed by atoms with Crippen molar-refractivity contribution >= 4 is 0 Å². The van der Waals surface area contributed by atoms with Crippen molar-refractivity contribution in [3.05, 3.63) is 58.7 Å². The summed E-state index contributed by atoms with van der Waals surface area (Å²) in [6.07, 6.45) is -0.0350. The molecule has 1 aliphatic carbocycles. The first kappa shape index (κ1) is 25.9. The lowest BCUT2D eigenvalue weighted by Gasteiger charge is -2.18. The zero-order chi connectivity index (χ0) is 24.6. The number of nitriles is 1. The fraction of sp³-hybridized carbons (Fsp3) is 0.500. The predicted molar refractivity (Wildman–Crippen MR) is 123 cm³/mol. The molecule has 0 amide bonds. The number of benzene rings is 2. The number of hydrogen-bond acceptors (Lipinski definition) is 5. The highest BCUT2D eigenvalue weighted by Crippen LogP contribution is 2.39. The van der Waals surface area contributed by atoms with E-state index in [-0.39, 0.29) is 30.8 Å². The molecule has 3 rings (SSSR count). The van der Waals surface area contributed by atoms with Crippen LogP contribution in [0.2, 0.25) is 0 Å². The third-order valence-electron chi connectivity index (χ3n) is 5.96. The van der Waals surface area contributed by atoms with Gasteiger partial charge in [-0.3, -0.25) is 0 Å². The fourth-order valence-corrected chi connectivity index (χ4v) is 4.52. The van der Waals surface area contributed by atoms with Gasteiger partial charge in [-0.15, -0.1) is 0 Å². The minimum absolute atomic E-state index is 0.0624. The lowest BCUT2D eigenvalue weighted by Crippen LogP contribution is -2.32. The van der Waals surface area contributed by atoms with Gasteiger partial charge in [-0.05, 0) is 79.8 Å². The average Bonchev–Trinajstić information content (AvgIpc) is 3.21. The summed E-state index contributed by atoms with van der Waals surface area (Å²) in [6.45, 7) is 1.63. The highest BCUT2D eigenvalue weighted by atomic mass is 19.4. The van der Waals surface area contributed by atoms with Crippen LogP contribution in [0.15, 0.2) is 36.4 Å². The molecule has 0 saturated heterocycles. The summed E-state index contributed by atoms with van der Waals surface area (Å²) in [5.74, 6) is 0.683. The molecule has 5 nitrogen and oxygen atoms in total. The van der Waals surface area contributed by atoms with E-state index < -0.39 is 12.8 Å². The molecule has 0 aliphatic heterocycles. The summed E-state index contributed by atoms with van der Waals surface area (Å²) in [5, 5.41) is 22.2. The van der Waals surface area contributed by atoms with Gasteiger partial charge in [-0.25, -0.2) is 0 Å². The van der Waals surface area contributed by atoms with Crippen LogP contribution in [0, 0.1) is 11.3 Å². The Kier molecular flexibility index (Phi) is 9.20. The van der Waals surface area contributed by atoms with Crippen LogP contribution in [0.4, 0.5) is 13.2 Å². The van der Waals surface area contributed by atoms with E-state index >= 15 is 0 Å². The molecule has 0 spiro atoms. The number of alkyl halides is 3. The second kappa shape index (κ2) is 12.1. The van der Waals surface area contributed by atoms with Crippen LogP contribution < -0.4 is 14.8 Å². The van der Waals surface area contributed by atoms with Crippen molar-refractivity contribution in [2.75, 3.05) is 26.4 Å². The van der Waals surface area contributed by atoms with E-state index in [1.54, 1.807) is 18.2 Å². The Morgan fingerprint density at radius 1 is 1.21 bits per heavy atom. The number of aliphatic hydroxyl groups excluding tert-OH is 1. The van der Waals surface area contributed by atoms with E-state index in [1.165, 1.54) is 11.6 Å². The van der Waals surface area contributed by atoms with Gasteiger partial charge < -0.3 is 19.9 Å². The Morgan fingerprint density at radius 3 is 2.62 bits per heavy atom. The predicted octanol–water partition coefficient (Wildman–Crippen LogP) is 4.90. The lowest BCUT2D eigenvalue weighted by atomic mass is 9.90. The lowest BCUT2D eigenvalue weighted by molar-refractivity contribution is -0.153. The number of ether oxygens (including phenoxy) is 2. The largest absolute Gasteiger partial charge is 0.488 e. The van der Waals surface area contributed by atoms with Crippen LogP contribution in [-0.2, 0) is 12.8 Å². The van der Waals surface area contributed by atoms with Crippen molar-refractivity contribution < 1.29 is 27.8 Å². The first-order valence-corrected chi connectivity index (χ1v) is 11.6. The third-order valence-corrected chi connectivity index (χ3v) is 5.96. The molecule has 2 aromatic rings. The standard InChI is InChI=1S/C26H31F3N2O3/c1-18(31-10-12-33-23-6-2-3-7-24(23)34-17-26(27,28)29)13-19-14-21-9-8-20(5-4-11-32)25(21)22(15-19)16-30/h2-3,6-7,14-15,18,20,31-32H,4-5,8-13,17H2,1H3/t18-,20?/m1/s1. The molecule has 0 bridgehead atoms. The van der Waals surface area contributed by atoms with Gasteiger partial charge in [0.05, 0.1) is 11.6 Å². The van der Waals surface area contributed by atoms with Crippen LogP contribution in [-0.4, -0.2) is 43.7 Å². The summed E-state index contributed by atoms with van der Waals surface area (Å²) in [6, 6.07) is 13.0. The molecule has 2 aromatic carbocycles. The van der Waals surface area contributed by atoms with E-state index in [2.05, 4.69) is 17.5 Å². The molecule has 1 aliphatic rings. The number of rotatable bonds is 12. The van der Waals surface area contributed by atoms with E-state index in [0.29, 0.717) is 12.5 Å². The summed E-state index contributed by atoms with van der Waals surface area (Å²) in [4.78, 5) is 0. The van der Waals surface area contributed by atoms with E-state index in [1.807, 2.05) is 13.0 Å². The maximum Gasteiger partial charge on any atom is 0.422 e. The van der Waals surface area contributed by atoms with Gasteiger partial charge in [0.25, 0.3) is 0 Å². The Morgan fingerprint density at radius 2 is 1.94 bits per heavy atom. The Bertz CT molecular complexity index is 988. The topological polar surface area (TPSA) is 74.5 Å². The molecule has 8 heteroatoms. The smallest absolute Gasteiger partial charge is 0.422 e. The van der Waals surface area contributed by atoms with Gasteiger partial charge in [-0.1, -0.05) is 18.2 Å². The quantitative estimate of drug-likeness (QED) is 0.426. The number of nitrogens with one attached hydrogen (secondary N) is 1. The highest BCUT2D eigenvalue weighted by molar-refractivity contribution is 5.50. The van der Waals surface area contributed by atoms with Gasteiger partial charge in [0.2, 0.25) is 0 Å². The molecule has 0 aromatic heterocycles. The normalized spacial score (nSPS) is 16.1. The summed E-state index contributed by atoms with van der Waals surface area (Å²) < 4.78 is 47.8. The number of halogens is 3. The van der Waals surface area contributed by atoms with Crippen LogP contribution in [0.25, 0.3) is 0 Å². The van der Waals surface area contributed by atoms with Crippen molar-refractivity contribution in [3.8, 4) is 17.6 Å². The van der Waals surface area contributed by atoms with Gasteiger partial charge in [0.15, 0.2) is 18.1 Å². The number of para-hydroxylation sites is 2. The molecular weight excluding hydrogens is 445 g/mol. The number of aliphatic hydroxyl groups is 1. The molecule has 0 radical (unpaired) electrons. The second-order valence-corrected chi connectivity index (χ2v) is 8.69. The summed E-state index contributed by atoms with van der Waals surface area (Å²) >= 11 is 0. The molecule has 0 saturated carbocycles. The van der Waals surface area contributed by atoms with Gasteiger partial charge >= 0.3 is 6.18 Å². The van der Waals surface area contributed by atoms with E-state index in [0.717, 1.165) is 48.8 Å². The molecular formula is C26H31F3N2O3. The minimum atomic E-state index is -4.41. The Labute approximate surface area is 198 Å². The molecule has 34 heavy (non-hydrogen) atoms. The number of aryl methyl sites for hydroxylation is 1. The number of nitrogens with zero attached hydrogens (tertiary/aromatic N) is 1. The van der Waals surface area contributed by atoms with E-state index in [9.17, 15) is 18.4 Å². The molecule has 2 N–H and O–H groups in total. The van der Waals surface area contributed by atoms with Crippen molar-refractivity contribution in [3.63, 3.8) is 0 Å². The molecule has 2 atom stereocenters. The first-order chi connectivity index (χ1) is 16.3. The number of fused-ring (bicyclic) bond motifs is 1.